The molecule has 0 amide bonds. The number of halogens is 2. The Morgan fingerprint density at radius 3 is 2.48 bits per heavy atom. The normalized spacial score (nSPS) is 12.1. The lowest BCUT2D eigenvalue weighted by atomic mass is 10.1. The van der Waals surface area contributed by atoms with Gasteiger partial charge in [-0.15, -0.1) is 12.4 Å². The van der Waals surface area contributed by atoms with Crippen LogP contribution in [0.4, 0.5) is 0 Å². The molecule has 134 valence electrons. The second-order valence-electron chi connectivity index (χ2n) is 6.37. The lowest BCUT2D eigenvalue weighted by molar-refractivity contribution is 0.256. The van der Waals surface area contributed by atoms with Crippen LogP contribution in [0.1, 0.15) is 19.4 Å². The topological polar surface area (TPSA) is 72.6 Å². The van der Waals surface area contributed by atoms with E-state index in [2.05, 4.69) is 20.8 Å². The van der Waals surface area contributed by atoms with Crippen LogP contribution in [0.25, 0.3) is 0 Å². The molecule has 0 saturated carbocycles. The van der Waals surface area contributed by atoms with Crippen molar-refractivity contribution in [1.29, 1.82) is 0 Å². The Morgan fingerprint density at radius 1 is 1.35 bits per heavy atom. The van der Waals surface area contributed by atoms with E-state index in [-0.39, 0.29) is 30.3 Å². The number of hydrogen-bond acceptors (Lipinski definition) is 5. The first-order valence-corrected chi connectivity index (χ1v) is 9.89. The monoisotopic (exact) mass is 428 g/mol. The Morgan fingerprint density at radius 2 is 1.96 bits per heavy atom. The molecule has 0 radical (unpaired) electrons. The minimum atomic E-state index is -3.03. The van der Waals surface area contributed by atoms with Gasteiger partial charge in [0.25, 0.3) is 0 Å². The van der Waals surface area contributed by atoms with Crippen molar-refractivity contribution in [3.8, 4) is 5.75 Å². The maximum absolute atomic E-state index is 11.2. The van der Waals surface area contributed by atoms with E-state index in [4.69, 9.17) is 10.5 Å². The highest BCUT2D eigenvalue weighted by molar-refractivity contribution is 9.10. The highest BCUT2D eigenvalue weighted by Gasteiger charge is 2.16. The molecule has 0 fully saturated rings. The van der Waals surface area contributed by atoms with Gasteiger partial charge in [0.1, 0.15) is 12.4 Å². The SMILES string of the molecule is CN(Cc1cccc(Br)c1OCCS(C)(=O)=O)CC(C)(C)N.Cl. The van der Waals surface area contributed by atoms with Gasteiger partial charge < -0.3 is 15.4 Å². The van der Waals surface area contributed by atoms with E-state index in [1.54, 1.807) is 0 Å². The van der Waals surface area contributed by atoms with E-state index >= 15 is 0 Å². The van der Waals surface area contributed by atoms with Gasteiger partial charge in [0, 0.05) is 30.4 Å². The molecule has 0 bridgehead atoms. The molecule has 0 saturated heterocycles. The van der Waals surface area contributed by atoms with E-state index in [1.165, 1.54) is 6.26 Å². The van der Waals surface area contributed by atoms with Crippen molar-refractivity contribution in [1.82, 2.24) is 4.90 Å². The quantitative estimate of drug-likeness (QED) is 0.687. The van der Waals surface area contributed by atoms with Crippen LogP contribution in [-0.4, -0.2) is 51.1 Å². The first kappa shape index (κ1) is 22.7. The maximum atomic E-state index is 11.2. The molecule has 0 aliphatic rings. The fourth-order valence-electron chi connectivity index (χ4n) is 2.18. The first-order chi connectivity index (χ1) is 9.98. The van der Waals surface area contributed by atoms with Crippen LogP contribution in [0, 0.1) is 0 Å². The molecule has 5 nitrogen and oxygen atoms in total. The Bertz CT molecular complexity index is 603. The number of benzene rings is 1. The van der Waals surface area contributed by atoms with Crippen LogP contribution < -0.4 is 10.5 Å². The molecular weight excluding hydrogens is 404 g/mol. The van der Waals surface area contributed by atoms with Gasteiger partial charge in [-0.2, -0.15) is 0 Å². The summed E-state index contributed by atoms with van der Waals surface area (Å²) in [6.07, 6.45) is 1.20. The molecule has 0 aliphatic heterocycles. The van der Waals surface area contributed by atoms with Crippen molar-refractivity contribution in [2.45, 2.75) is 25.9 Å². The molecule has 23 heavy (non-hydrogen) atoms. The Kier molecular flexibility index (Phi) is 9.09. The van der Waals surface area contributed by atoms with Gasteiger partial charge in [-0.25, -0.2) is 8.42 Å². The number of rotatable bonds is 8. The Labute approximate surface area is 154 Å². The molecule has 0 aliphatic carbocycles. The number of sulfone groups is 1. The number of likely N-dealkylation sites (N-methyl/N-ethyl adjacent to an activating group) is 1. The predicted molar refractivity (Wildman–Crippen MR) is 101 cm³/mol. The molecule has 0 spiro atoms. The summed E-state index contributed by atoms with van der Waals surface area (Å²) in [5.41, 5.74) is 6.75. The molecule has 1 aromatic carbocycles. The van der Waals surface area contributed by atoms with Crippen LogP contribution in [0.5, 0.6) is 5.75 Å². The predicted octanol–water partition coefficient (Wildman–Crippen LogP) is 2.46. The Hall–Kier alpha value is -0.340. The maximum Gasteiger partial charge on any atom is 0.150 e. The number of ether oxygens (including phenoxy) is 1. The second kappa shape index (κ2) is 9.22. The van der Waals surface area contributed by atoms with E-state index in [1.807, 2.05) is 39.1 Å². The number of hydrogen-bond donors (Lipinski definition) is 1. The third-order valence-corrected chi connectivity index (χ3v) is 4.40. The summed E-state index contributed by atoms with van der Waals surface area (Å²) >= 11 is 3.46. The third kappa shape index (κ3) is 9.52. The summed E-state index contributed by atoms with van der Waals surface area (Å²) in [4.78, 5) is 2.12. The highest BCUT2D eigenvalue weighted by atomic mass is 79.9. The van der Waals surface area contributed by atoms with Crippen molar-refractivity contribution < 1.29 is 13.2 Å². The minimum Gasteiger partial charge on any atom is -0.491 e. The molecule has 8 heteroatoms. The second-order valence-corrected chi connectivity index (χ2v) is 9.48. The van der Waals surface area contributed by atoms with Crippen molar-refractivity contribution in [3.63, 3.8) is 0 Å². The average Bonchev–Trinajstić information content (AvgIpc) is 2.28. The fourth-order valence-corrected chi connectivity index (χ4v) is 3.08. The van der Waals surface area contributed by atoms with Crippen molar-refractivity contribution in [2.75, 3.05) is 32.2 Å². The molecule has 0 aromatic heterocycles. The van der Waals surface area contributed by atoms with Gasteiger partial charge in [-0.1, -0.05) is 12.1 Å². The number of para-hydroxylation sites is 1. The van der Waals surface area contributed by atoms with Crippen molar-refractivity contribution >= 4 is 38.2 Å². The zero-order chi connectivity index (χ0) is 17.0. The highest BCUT2D eigenvalue weighted by Crippen LogP contribution is 2.30. The van der Waals surface area contributed by atoms with Crippen molar-refractivity contribution in [3.05, 3.63) is 28.2 Å². The zero-order valence-electron chi connectivity index (χ0n) is 14.0. The van der Waals surface area contributed by atoms with Gasteiger partial charge in [-0.3, -0.25) is 0 Å². The van der Waals surface area contributed by atoms with Crippen molar-refractivity contribution in [2.24, 2.45) is 5.73 Å². The van der Waals surface area contributed by atoms with E-state index in [0.29, 0.717) is 12.3 Å². The molecule has 2 N–H and O–H groups in total. The largest absolute Gasteiger partial charge is 0.491 e. The zero-order valence-corrected chi connectivity index (χ0v) is 17.2. The molecule has 0 unspecified atom stereocenters. The molecule has 1 aromatic rings. The van der Waals surface area contributed by atoms with Crippen LogP contribution in [-0.2, 0) is 16.4 Å². The third-order valence-electron chi connectivity index (χ3n) is 2.87. The molecule has 0 heterocycles. The fraction of sp³-hybridized carbons (Fsp3) is 0.600. The standard InChI is InChI=1S/C15H25BrN2O3S.ClH/c1-15(2,17)11-18(3)10-12-6-5-7-13(16)14(12)21-8-9-22(4,19)20;/h5-7H,8-11,17H2,1-4H3;1H. The van der Waals surface area contributed by atoms with Crippen LogP contribution >= 0.6 is 28.3 Å². The van der Waals surface area contributed by atoms with E-state index < -0.39 is 9.84 Å². The first-order valence-electron chi connectivity index (χ1n) is 7.03. The molecule has 0 atom stereocenters. The summed E-state index contributed by atoms with van der Waals surface area (Å²) < 4.78 is 28.9. The summed E-state index contributed by atoms with van der Waals surface area (Å²) in [6.45, 7) is 5.51. The average molecular weight is 430 g/mol. The van der Waals surface area contributed by atoms with Crippen LogP contribution in [0.2, 0.25) is 0 Å². The summed E-state index contributed by atoms with van der Waals surface area (Å²) in [7, 11) is -1.04. The van der Waals surface area contributed by atoms with Crippen LogP contribution in [0.15, 0.2) is 22.7 Å². The smallest absolute Gasteiger partial charge is 0.150 e. The summed E-state index contributed by atoms with van der Waals surface area (Å²) in [6, 6.07) is 5.79. The van der Waals surface area contributed by atoms with E-state index in [0.717, 1.165) is 16.6 Å². The lowest BCUT2D eigenvalue weighted by Gasteiger charge is -2.27. The van der Waals surface area contributed by atoms with Gasteiger partial charge in [0.2, 0.25) is 0 Å². The van der Waals surface area contributed by atoms with Crippen LogP contribution in [0.3, 0.4) is 0 Å². The van der Waals surface area contributed by atoms with Gasteiger partial charge in [-0.05, 0) is 42.9 Å². The number of nitrogens with zero attached hydrogens (tertiary/aromatic N) is 1. The van der Waals surface area contributed by atoms with Gasteiger partial charge in [0.05, 0.1) is 10.2 Å². The number of nitrogens with two attached hydrogens (primary N) is 1. The van der Waals surface area contributed by atoms with Gasteiger partial charge >= 0.3 is 0 Å². The molecular formula is C15H26BrClN2O3S. The summed E-state index contributed by atoms with van der Waals surface area (Å²) in [5, 5.41) is 0. The molecule has 1 rings (SSSR count). The Balaban J connectivity index is 0.00000484. The van der Waals surface area contributed by atoms with Gasteiger partial charge in [0.15, 0.2) is 9.84 Å². The minimum absolute atomic E-state index is 0. The summed E-state index contributed by atoms with van der Waals surface area (Å²) in [5.74, 6) is 0.687. The lowest BCUT2D eigenvalue weighted by Crippen LogP contribution is -2.43. The van der Waals surface area contributed by atoms with E-state index in [9.17, 15) is 8.42 Å².